The molecular weight excluding hydrogens is 264 g/mol. The van der Waals surface area contributed by atoms with E-state index in [0.29, 0.717) is 31.7 Å². The van der Waals surface area contributed by atoms with E-state index in [-0.39, 0.29) is 11.4 Å². The van der Waals surface area contributed by atoms with Crippen molar-refractivity contribution in [3.63, 3.8) is 0 Å². The Morgan fingerprint density at radius 3 is 2.95 bits per heavy atom. The van der Waals surface area contributed by atoms with Gasteiger partial charge in [0.15, 0.2) is 0 Å². The van der Waals surface area contributed by atoms with Gasteiger partial charge in [-0.2, -0.15) is 5.26 Å². The summed E-state index contributed by atoms with van der Waals surface area (Å²) in [7, 11) is 0. The molecule has 1 unspecified atom stereocenters. The van der Waals surface area contributed by atoms with Crippen molar-refractivity contribution in [1.82, 2.24) is 4.98 Å². The highest BCUT2D eigenvalue weighted by Gasteiger charge is 2.27. The van der Waals surface area contributed by atoms with Crippen LogP contribution in [0.3, 0.4) is 0 Å². The number of nitrogens with zero attached hydrogens (tertiary/aromatic N) is 4. The van der Waals surface area contributed by atoms with Gasteiger partial charge in [-0.25, -0.2) is 4.98 Å². The number of nitriles is 1. The van der Waals surface area contributed by atoms with Gasteiger partial charge in [-0.15, -0.1) is 0 Å². The minimum atomic E-state index is -0.864. The van der Waals surface area contributed by atoms with Crippen molar-refractivity contribution in [3.05, 3.63) is 27.9 Å². The van der Waals surface area contributed by atoms with Crippen LogP contribution in [0.5, 0.6) is 0 Å². The fourth-order valence-electron chi connectivity index (χ4n) is 2.23. The largest absolute Gasteiger partial charge is 0.481 e. The maximum atomic E-state index is 11.0. The molecule has 1 N–H and O–H groups in total. The average Bonchev–Trinajstić information content (AvgIpc) is 2.46. The van der Waals surface area contributed by atoms with Crippen molar-refractivity contribution < 1.29 is 14.8 Å². The number of aliphatic carboxylic acids is 1. The van der Waals surface area contributed by atoms with Crippen molar-refractivity contribution in [3.8, 4) is 6.07 Å². The fourth-order valence-corrected chi connectivity index (χ4v) is 2.23. The van der Waals surface area contributed by atoms with Crippen molar-refractivity contribution in [1.29, 1.82) is 5.26 Å². The Morgan fingerprint density at radius 2 is 2.35 bits per heavy atom. The first-order valence-corrected chi connectivity index (χ1v) is 6.06. The summed E-state index contributed by atoms with van der Waals surface area (Å²) in [6.07, 6.45) is 1.31. The molecule has 2 rings (SSSR count). The van der Waals surface area contributed by atoms with Crippen LogP contribution in [0.2, 0.25) is 0 Å². The number of piperidine rings is 1. The monoisotopic (exact) mass is 276 g/mol. The molecular formula is C12H12N4O4. The van der Waals surface area contributed by atoms with Gasteiger partial charge in [-0.1, -0.05) is 0 Å². The molecule has 0 aliphatic carbocycles. The van der Waals surface area contributed by atoms with Crippen LogP contribution in [0.15, 0.2) is 12.1 Å². The van der Waals surface area contributed by atoms with Crippen LogP contribution < -0.4 is 4.90 Å². The first-order chi connectivity index (χ1) is 9.52. The molecule has 1 fully saturated rings. The van der Waals surface area contributed by atoms with Crippen molar-refractivity contribution in [2.24, 2.45) is 5.92 Å². The normalized spacial score (nSPS) is 18.4. The molecule has 1 atom stereocenters. The van der Waals surface area contributed by atoms with E-state index in [0.717, 1.165) is 0 Å². The summed E-state index contributed by atoms with van der Waals surface area (Å²) in [6, 6.07) is 4.37. The summed E-state index contributed by atoms with van der Waals surface area (Å²) in [6.45, 7) is 0.921. The lowest BCUT2D eigenvalue weighted by Gasteiger charge is -2.31. The van der Waals surface area contributed by atoms with Crippen LogP contribution in [0.4, 0.5) is 11.5 Å². The van der Waals surface area contributed by atoms with E-state index in [2.05, 4.69) is 4.98 Å². The summed E-state index contributed by atoms with van der Waals surface area (Å²) in [5.41, 5.74) is -0.604. The van der Waals surface area contributed by atoms with Crippen LogP contribution in [0.25, 0.3) is 0 Å². The van der Waals surface area contributed by atoms with E-state index in [1.165, 1.54) is 12.1 Å². The van der Waals surface area contributed by atoms with Crippen LogP contribution >= 0.6 is 0 Å². The second-order valence-electron chi connectivity index (χ2n) is 4.53. The van der Waals surface area contributed by atoms with Crippen LogP contribution in [-0.4, -0.2) is 34.1 Å². The zero-order valence-electron chi connectivity index (χ0n) is 10.5. The van der Waals surface area contributed by atoms with E-state index in [9.17, 15) is 14.9 Å². The topological polar surface area (TPSA) is 120 Å². The Labute approximate surface area is 114 Å². The zero-order valence-corrected chi connectivity index (χ0v) is 10.5. The lowest BCUT2D eigenvalue weighted by Crippen LogP contribution is -2.39. The molecule has 0 spiro atoms. The highest BCUT2D eigenvalue weighted by Crippen LogP contribution is 2.25. The van der Waals surface area contributed by atoms with Crippen LogP contribution in [0.1, 0.15) is 18.5 Å². The van der Waals surface area contributed by atoms with Crippen molar-refractivity contribution in [2.45, 2.75) is 12.8 Å². The molecule has 8 nitrogen and oxygen atoms in total. The number of rotatable bonds is 3. The maximum Gasteiger partial charge on any atom is 0.308 e. The Morgan fingerprint density at radius 1 is 1.60 bits per heavy atom. The second-order valence-corrected chi connectivity index (χ2v) is 4.53. The van der Waals surface area contributed by atoms with Gasteiger partial charge >= 0.3 is 11.7 Å². The summed E-state index contributed by atoms with van der Waals surface area (Å²) >= 11 is 0. The molecule has 1 aromatic heterocycles. The predicted octanol–water partition coefficient (Wildman–Crippen LogP) is 1.16. The average molecular weight is 276 g/mol. The van der Waals surface area contributed by atoms with Gasteiger partial charge in [0.25, 0.3) is 0 Å². The third-order valence-corrected chi connectivity index (χ3v) is 3.26. The number of hydrogen-bond acceptors (Lipinski definition) is 6. The van der Waals surface area contributed by atoms with Gasteiger partial charge in [-0.3, -0.25) is 14.9 Å². The lowest BCUT2D eigenvalue weighted by molar-refractivity contribution is -0.385. The first kappa shape index (κ1) is 13.7. The molecule has 0 radical (unpaired) electrons. The Balaban J connectivity index is 2.27. The van der Waals surface area contributed by atoms with E-state index < -0.39 is 16.8 Å². The second kappa shape index (κ2) is 5.52. The SMILES string of the molecule is N#Cc1nc(N2CCCC(C(=O)O)C2)ccc1[N+](=O)[O-]. The number of carboxylic acids is 1. The first-order valence-electron chi connectivity index (χ1n) is 6.06. The van der Waals surface area contributed by atoms with Gasteiger partial charge < -0.3 is 10.0 Å². The van der Waals surface area contributed by atoms with Crippen LogP contribution in [0, 0.1) is 27.4 Å². The Bertz CT molecular complexity index is 596. The van der Waals surface area contributed by atoms with Crippen molar-refractivity contribution >= 4 is 17.5 Å². The quantitative estimate of drug-likeness (QED) is 0.649. The molecule has 1 aromatic rings. The minimum Gasteiger partial charge on any atom is -0.481 e. The lowest BCUT2D eigenvalue weighted by atomic mass is 9.98. The van der Waals surface area contributed by atoms with Gasteiger partial charge in [0, 0.05) is 19.2 Å². The number of nitro groups is 1. The number of carboxylic acid groups (broad SMARTS) is 1. The van der Waals surface area contributed by atoms with Gasteiger partial charge in [0.2, 0.25) is 5.69 Å². The van der Waals surface area contributed by atoms with E-state index in [4.69, 9.17) is 10.4 Å². The molecule has 0 bridgehead atoms. The van der Waals surface area contributed by atoms with E-state index in [1.54, 1.807) is 11.0 Å². The molecule has 0 aromatic carbocycles. The molecule has 2 heterocycles. The number of hydrogen-bond donors (Lipinski definition) is 1. The third kappa shape index (κ3) is 2.66. The van der Waals surface area contributed by atoms with Gasteiger partial charge in [-0.05, 0) is 18.9 Å². The van der Waals surface area contributed by atoms with Gasteiger partial charge in [0.1, 0.15) is 11.9 Å². The molecule has 0 saturated carbocycles. The summed E-state index contributed by atoms with van der Waals surface area (Å²) in [5.74, 6) is -0.943. The highest BCUT2D eigenvalue weighted by atomic mass is 16.6. The smallest absolute Gasteiger partial charge is 0.308 e. The molecule has 0 amide bonds. The summed E-state index contributed by atoms with van der Waals surface area (Å²) < 4.78 is 0. The molecule has 104 valence electrons. The van der Waals surface area contributed by atoms with Crippen molar-refractivity contribution in [2.75, 3.05) is 18.0 Å². The van der Waals surface area contributed by atoms with E-state index in [1.807, 2.05) is 0 Å². The summed E-state index contributed by atoms with van der Waals surface area (Å²) in [4.78, 5) is 26.8. The highest BCUT2D eigenvalue weighted by molar-refractivity contribution is 5.71. The number of pyridine rings is 1. The molecule has 1 saturated heterocycles. The Kier molecular flexibility index (Phi) is 3.79. The van der Waals surface area contributed by atoms with Gasteiger partial charge in [0.05, 0.1) is 10.8 Å². The summed E-state index contributed by atoms with van der Waals surface area (Å²) in [5, 5.41) is 28.7. The molecule has 20 heavy (non-hydrogen) atoms. The standard InChI is InChI=1S/C12H12N4O4/c13-6-9-10(16(19)20)3-4-11(14-9)15-5-1-2-8(7-15)12(17)18/h3-4,8H,1-2,5,7H2,(H,17,18). The third-order valence-electron chi connectivity index (χ3n) is 3.26. The fraction of sp³-hybridized carbons (Fsp3) is 0.417. The predicted molar refractivity (Wildman–Crippen MR) is 68.2 cm³/mol. The van der Waals surface area contributed by atoms with E-state index >= 15 is 0 Å². The molecule has 1 aliphatic heterocycles. The van der Waals surface area contributed by atoms with Crippen LogP contribution in [-0.2, 0) is 4.79 Å². The minimum absolute atomic E-state index is 0.259. The zero-order chi connectivity index (χ0) is 14.7. The number of aromatic nitrogens is 1. The molecule has 1 aliphatic rings. The number of anilines is 1. The molecule has 8 heteroatoms. The Hall–Kier alpha value is -2.69. The number of carbonyl (C=O) groups is 1. The maximum absolute atomic E-state index is 11.0.